The third-order valence-electron chi connectivity index (χ3n) is 0.777. The molecule has 0 unspecified atom stereocenters. The molecule has 0 aliphatic rings. The van der Waals surface area contributed by atoms with E-state index in [2.05, 4.69) is 0 Å². The molecule has 0 N–H and O–H groups in total. The van der Waals surface area contributed by atoms with E-state index in [1.54, 1.807) is 6.07 Å². The lowest BCUT2D eigenvalue weighted by atomic mass is 9.91. The average molecular weight is 148 g/mol. The van der Waals surface area contributed by atoms with Crippen LogP contribution in [0.4, 0.5) is 12.9 Å². The van der Waals surface area contributed by atoms with Crippen LogP contribution >= 0.6 is 0 Å². The van der Waals surface area contributed by atoms with Gasteiger partial charge in [-0.3, -0.25) is 0 Å². The summed E-state index contributed by atoms with van der Waals surface area (Å²) in [7, 11) is 0. The fourth-order valence-corrected chi connectivity index (χ4v) is 0.398. The first kappa shape index (κ1) is 9.08. The van der Waals surface area contributed by atoms with Crippen molar-refractivity contribution in [3.05, 3.63) is 12.1 Å². The highest BCUT2D eigenvalue weighted by Crippen LogP contribution is 2.09. The van der Waals surface area contributed by atoms with Crippen LogP contribution in [-0.4, -0.2) is 6.98 Å². The van der Waals surface area contributed by atoms with Gasteiger partial charge in [-0.05, 0) is 6.42 Å². The number of hydrogen-bond acceptors (Lipinski definition) is 1. The van der Waals surface area contributed by atoms with Crippen LogP contribution in [0.1, 0.15) is 12.8 Å². The summed E-state index contributed by atoms with van der Waals surface area (Å²) < 4.78 is 34.1. The van der Waals surface area contributed by atoms with Crippen LogP contribution in [0.25, 0.3) is 0 Å². The lowest BCUT2D eigenvalue weighted by Crippen LogP contribution is -2.09. The van der Waals surface area contributed by atoms with Crippen molar-refractivity contribution in [3.63, 3.8) is 0 Å². The van der Waals surface area contributed by atoms with Gasteiger partial charge in [0, 0.05) is 6.42 Å². The molecule has 10 heavy (non-hydrogen) atoms. The molecule has 0 aromatic carbocycles. The van der Waals surface area contributed by atoms with Gasteiger partial charge in [0.05, 0.1) is 6.07 Å². The minimum atomic E-state index is -4.81. The standard InChI is InChI=1S/C5H6BF3N/c7-6(8,9)4-2-1-3-5-10/h2,4H,1,3H2/q-1/b4-2+. The highest BCUT2D eigenvalue weighted by molar-refractivity contribution is 6.64. The fraction of sp³-hybridized carbons (Fsp3) is 0.400. The molecule has 0 radical (unpaired) electrons. The predicted molar refractivity (Wildman–Crippen MR) is 33.1 cm³/mol. The normalized spacial score (nSPS) is 11.8. The fourth-order valence-electron chi connectivity index (χ4n) is 0.398. The van der Waals surface area contributed by atoms with Crippen molar-refractivity contribution in [1.82, 2.24) is 0 Å². The maximum atomic E-state index is 11.4. The SMILES string of the molecule is N#CCC/C=C/[B-](F)(F)F. The van der Waals surface area contributed by atoms with E-state index in [1.807, 2.05) is 0 Å². The van der Waals surface area contributed by atoms with Crippen LogP contribution in [0.3, 0.4) is 0 Å². The maximum absolute atomic E-state index is 11.4. The van der Waals surface area contributed by atoms with E-state index in [4.69, 9.17) is 5.26 Å². The Morgan fingerprint density at radius 3 is 2.40 bits per heavy atom. The molecular formula is C5H6BF3N-. The second kappa shape index (κ2) is 3.99. The van der Waals surface area contributed by atoms with E-state index < -0.39 is 6.98 Å². The molecule has 1 nitrogen and oxygen atoms in total. The van der Waals surface area contributed by atoms with E-state index in [1.165, 1.54) is 0 Å². The molecule has 0 aromatic heterocycles. The number of unbranched alkanes of at least 4 members (excludes halogenated alkanes) is 1. The number of nitrogens with zero attached hydrogens (tertiary/aromatic N) is 1. The Kier molecular flexibility index (Phi) is 3.63. The van der Waals surface area contributed by atoms with Gasteiger partial charge in [-0.2, -0.15) is 5.26 Å². The van der Waals surface area contributed by atoms with Crippen molar-refractivity contribution < 1.29 is 12.9 Å². The average Bonchev–Trinajstić information content (AvgIpc) is 1.78. The number of nitriles is 1. The second-order valence-corrected chi connectivity index (χ2v) is 1.75. The summed E-state index contributed by atoms with van der Waals surface area (Å²) >= 11 is 0. The molecule has 56 valence electrons. The van der Waals surface area contributed by atoms with Crippen LogP contribution in [0.5, 0.6) is 0 Å². The number of halogens is 3. The summed E-state index contributed by atoms with van der Waals surface area (Å²) in [6, 6.07) is 1.74. The minimum absolute atomic E-state index is 0.142. The highest BCUT2D eigenvalue weighted by atomic mass is 19.4. The van der Waals surface area contributed by atoms with E-state index in [0.29, 0.717) is 0 Å². The Morgan fingerprint density at radius 2 is 2.00 bits per heavy atom. The topological polar surface area (TPSA) is 23.8 Å². The van der Waals surface area contributed by atoms with Crippen molar-refractivity contribution >= 4 is 6.98 Å². The summed E-state index contributed by atoms with van der Waals surface area (Å²) in [5, 5.41) is 7.94. The van der Waals surface area contributed by atoms with E-state index in [9.17, 15) is 12.9 Å². The van der Waals surface area contributed by atoms with Crippen LogP contribution in [0.15, 0.2) is 12.1 Å². The molecule has 0 saturated carbocycles. The van der Waals surface area contributed by atoms with Crippen molar-refractivity contribution in [1.29, 1.82) is 5.26 Å². The monoisotopic (exact) mass is 148 g/mol. The van der Waals surface area contributed by atoms with Crippen LogP contribution in [0.2, 0.25) is 0 Å². The van der Waals surface area contributed by atoms with Crippen LogP contribution in [0, 0.1) is 11.3 Å². The Morgan fingerprint density at radius 1 is 1.40 bits per heavy atom. The van der Waals surface area contributed by atoms with Crippen LogP contribution in [-0.2, 0) is 0 Å². The number of rotatable bonds is 3. The minimum Gasteiger partial charge on any atom is -0.445 e. The Bertz CT molecular complexity index is 155. The Labute approximate surface area is 57.2 Å². The van der Waals surface area contributed by atoms with Gasteiger partial charge < -0.3 is 12.9 Å². The zero-order valence-electron chi connectivity index (χ0n) is 5.23. The molecule has 0 fully saturated rings. The molecule has 0 aliphatic heterocycles. The Balaban J connectivity index is 3.49. The Hall–Kier alpha value is -0.915. The van der Waals surface area contributed by atoms with Gasteiger partial charge in [0.15, 0.2) is 0 Å². The van der Waals surface area contributed by atoms with E-state index in [-0.39, 0.29) is 18.8 Å². The molecule has 0 saturated heterocycles. The van der Waals surface area contributed by atoms with Gasteiger partial charge in [-0.1, -0.05) is 0 Å². The molecule has 0 amide bonds. The largest absolute Gasteiger partial charge is 0.502 e. The van der Waals surface area contributed by atoms with Crippen molar-refractivity contribution in [3.8, 4) is 6.07 Å². The number of allylic oxidation sites excluding steroid dienone is 1. The van der Waals surface area contributed by atoms with Crippen molar-refractivity contribution in [2.24, 2.45) is 0 Å². The lowest BCUT2D eigenvalue weighted by Gasteiger charge is -2.04. The summed E-state index contributed by atoms with van der Waals surface area (Å²) in [5.41, 5.74) is 0. The number of hydrogen-bond donors (Lipinski definition) is 0. The second-order valence-electron chi connectivity index (χ2n) is 1.75. The first-order valence-corrected chi connectivity index (χ1v) is 2.81. The molecule has 0 spiro atoms. The molecule has 0 rings (SSSR count). The van der Waals surface area contributed by atoms with Crippen molar-refractivity contribution in [2.75, 3.05) is 0 Å². The van der Waals surface area contributed by atoms with E-state index >= 15 is 0 Å². The van der Waals surface area contributed by atoms with Crippen LogP contribution < -0.4 is 0 Å². The molecule has 0 aliphatic carbocycles. The smallest absolute Gasteiger partial charge is 0.445 e. The molecule has 0 atom stereocenters. The summed E-state index contributed by atoms with van der Waals surface area (Å²) in [4.78, 5) is 0. The molecule has 5 heteroatoms. The van der Waals surface area contributed by atoms with Gasteiger partial charge in [-0.25, -0.2) is 0 Å². The summed E-state index contributed by atoms with van der Waals surface area (Å²) in [5.74, 6) is 0.206. The predicted octanol–water partition coefficient (Wildman–Crippen LogP) is 2.23. The molecule has 0 aromatic rings. The quantitative estimate of drug-likeness (QED) is 0.444. The summed E-state index contributed by atoms with van der Waals surface area (Å²) in [6.45, 7) is -4.81. The summed E-state index contributed by atoms with van der Waals surface area (Å²) in [6.07, 6.45) is 1.30. The zero-order chi connectivity index (χ0) is 8.04. The molecule has 0 bridgehead atoms. The molecular weight excluding hydrogens is 142 g/mol. The maximum Gasteiger partial charge on any atom is 0.502 e. The first-order valence-electron chi connectivity index (χ1n) is 2.81. The third-order valence-corrected chi connectivity index (χ3v) is 0.777. The van der Waals surface area contributed by atoms with E-state index in [0.717, 1.165) is 6.08 Å². The van der Waals surface area contributed by atoms with Gasteiger partial charge in [0.2, 0.25) is 0 Å². The van der Waals surface area contributed by atoms with Gasteiger partial charge >= 0.3 is 6.98 Å². The lowest BCUT2D eigenvalue weighted by molar-refractivity contribution is 0.498. The third kappa shape index (κ3) is 7.08. The van der Waals surface area contributed by atoms with Gasteiger partial charge in [0.25, 0.3) is 0 Å². The highest BCUT2D eigenvalue weighted by Gasteiger charge is 2.16. The van der Waals surface area contributed by atoms with Gasteiger partial charge in [-0.15, -0.1) is 12.1 Å². The first-order chi connectivity index (χ1) is 4.56. The molecule has 0 heterocycles. The van der Waals surface area contributed by atoms with Crippen molar-refractivity contribution in [2.45, 2.75) is 12.8 Å². The van der Waals surface area contributed by atoms with Gasteiger partial charge in [0.1, 0.15) is 0 Å². The zero-order valence-corrected chi connectivity index (χ0v) is 5.23.